The molecule has 0 fully saturated rings. The summed E-state index contributed by atoms with van der Waals surface area (Å²) in [5.74, 6) is -1.03. The topological polar surface area (TPSA) is 52.6 Å². The minimum absolute atomic E-state index is 0.140. The van der Waals surface area contributed by atoms with Gasteiger partial charge in [0.25, 0.3) is 0 Å². The number of carbonyl (C=O) groups excluding carboxylic acids is 2. The van der Waals surface area contributed by atoms with Crippen LogP contribution in [0, 0.1) is 0 Å². The van der Waals surface area contributed by atoms with E-state index in [0.29, 0.717) is 0 Å². The highest BCUT2D eigenvalue weighted by molar-refractivity contribution is 6.33. The summed E-state index contributed by atoms with van der Waals surface area (Å²) < 4.78 is 10.2. The predicted octanol–water partition coefficient (Wildman–Crippen LogP) is 3.74. The van der Waals surface area contributed by atoms with Gasteiger partial charge in [0.1, 0.15) is 11.3 Å². The Balaban J connectivity index is 2.26. The molecule has 0 spiro atoms. The number of rotatable bonds is 4. The maximum absolute atomic E-state index is 12.1. The number of carbonyl (C=O) groups is 2. The first kappa shape index (κ1) is 15.1. The van der Waals surface area contributed by atoms with Gasteiger partial charge >= 0.3 is 11.9 Å². The predicted molar refractivity (Wildman–Crippen MR) is 78.8 cm³/mol. The van der Waals surface area contributed by atoms with Crippen LogP contribution in [-0.4, -0.2) is 18.5 Å². The van der Waals surface area contributed by atoms with Crippen LogP contribution < -0.4 is 4.74 Å². The highest BCUT2D eigenvalue weighted by atomic mass is 35.5. The van der Waals surface area contributed by atoms with E-state index in [2.05, 4.69) is 0 Å². The van der Waals surface area contributed by atoms with Crippen LogP contribution in [0.1, 0.15) is 27.6 Å². The highest BCUT2D eigenvalue weighted by Gasteiger charge is 2.18. The summed E-state index contributed by atoms with van der Waals surface area (Å²) in [6, 6.07) is 12.9. The molecule has 0 aromatic heterocycles. The minimum Gasteiger partial charge on any atom is -0.462 e. The Bertz CT molecular complexity index is 667. The van der Waals surface area contributed by atoms with Gasteiger partial charge in [0, 0.05) is 0 Å². The molecule has 0 N–H and O–H groups in total. The lowest BCUT2D eigenvalue weighted by atomic mass is 10.2. The zero-order chi connectivity index (χ0) is 15.2. The van der Waals surface area contributed by atoms with Crippen molar-refractivity contribution in [3.63, 3.8) is 0 Å². The Kier molecular flexibility index (Phi) is 4.95. The Hall–Kier alpha value is -2.33. The van der Waals surface area contributed by atoms with E-state index in [1.807, 2.05) is 0 Å². The van der Waals surface area contributed by atoms with Gasteiger partial charge in [-0.3, -0.25) is 0 Å². The van der Waals surface area contributed by atoms with Crippen molar-refractivity contribution in [2.75, 3.05) is 6.61 Å². The lowest BCUT2D eigenvalue weighted by molar-refractivity contribution is 0.0520. The second-order valence-corrected chi connectivity index (χ2v) is 4.49. The average Bonchev–Trinajstić information content (AvgIpc) is 2.48. The molecule has 0 amide bonds. The van der Waals surface area contributed by atoms with E-state index in [4.69, 9.17) is 21.1 Å². The first-order valence-corrected chi connectivity index (χ1v) is 6.74. The number of hydrogen-bond donors (Lipinski definition) is 0. The molecular formula is C16H13ClO4. The van der Waals surface area contributed by atoms with Gasteiger partial charge in [-0.05, 0) is 31.2 Å². The first-order valence-electron chi connectivity index (χ1n) is 6.36. The van der Waals surface area contributed by atoms with Gasteiger partial charge in [0.15, 0.2) is 0 Å². The number of hydrogen-bond acceptors (Lipinski definition) is 4. The lowest BCUT2D eigenvalue weighted by Crippen LogP contribution is -2.13. The van der Waals surface area contributed by atoms with Gasteiger partial charge in [-0.1, -0.05) is 35.9 Å². The monoisotopic (exact) mass is 304 g/mol. The average molecular weight is 305 g/mol. The van der Waals surface area contributed by atoms with Crippen LogP contribution in [0.5, 0.6) is 5.75 Å². The normalized spacial score (nSPS) is 10.0. The molecule has 0 aliphatic heterocycles. The van der Waals surface area contributed by atoms with E-state index >= 15 is 0 Å². The highest BCUT2D eigenvalue weighted by Crippen LogP contribution is 2.22. The molecule has 0 saturated carbocycles. The molecule has 0 radical (unpaired) electrons. The largest absolute Gasteiger partial charge is 0.462 e. The van der Waals surface area contributed by atoms with Crippen molar-refractivity contribution >= 4 is 23.5 Å². The van der Waals surface area contributed by atoms with Gasteiger partial charge < -0.3 is 9.47 Å². The number of halogens is 1. The summed E-state index contributed by atoms with van der Waals surface area (Å²) >= 11 is 5.94. The van der Waals surface area contributed by atoms with Crippen molar-refractivity contribution in [3.8, 4) is 5.75 Å². The number of para-hydroxylation sites is 1. The summed E-state index contributed by atoms with van der Waals surface area (Å²) in [7, 11) is 0. The number of ether oxygens (including phenoxy) is 2. The molecule has 2 rings (SSSR count). The maximum atomic E-state index is 12.1. The fraction of sp³-hybridized carbons (Fsp3) is 0.125. The number of esters is 2. The summed E-state index contributed by atoms with van der Waals surface area (Å²) in [4.78, 5) is 23.9. The molecule has 2 aromatic carbocycles. The fourth-order valence-electron chi connectivity index (χ4n) is 1.71. The Morgan fingerprint density at radius 1 is 0.952 bits per heavy atom. The molecule has 0 heterocycles. The molecule has 0 bridgehead atoms. The van der Waals surface area contributed by atoms with E-state index in [9.17, 15) is 9.59 Å². The van der Waals surface area contributed by atoms with Crippen molar-refractivity contribution in [1.29, 1.82) is 0 Å². The molecule has 0 unspecified atom stereocenters. The summed E-state index contributed by atoms with van der Waals surface area (Å²) in [5.41, 5.74) is 0.428. The SMILES string of the molecule is CCOC(=O)c1ccccc1OC(=O)c1ccccc1Cl. The van der Waals surface area contributed by atoms with Crippen LogP contribution in [0.25, 0.3) is 0 Å². The van der Waals surface area contributed by atoms with Crippen LogP contribution in [-0.2, 0) is 4.74 Å². The molecular weight excluding hydrogens is 292 g/mol. The van der Waals surface area contributed by atoms with Gasteiger partial charge in [0.2, 0.25) is 0 Å². The molecule has 2 aromatic rings. The van der Waals surface area contributed by atoms with E-state index < -0.39 is 11.9 Å². The van der Waals surface area contributed by atoms with Gasteiger partial charge in [-0.15, -0.1) is 0 Å². The van der Waals surface area contributed by atoms with Crippen molar-refractivity contribution < 1.29 is 19.1 Å². The Morgan fingerprint density at radius 3 is 2.24 bits per heavy atom. The van der Waals surface area contributed by atoms with Crippen LogP contribution in [0.3, 0.4) is 0 Å². The zero-order valence-electron chi connectivity index (χ0n) is 11.3. The van der Waals surface area contributed by atoms with Crippen molar-refractivity contribution in [2.24, 2.45) is 0 Å². The third kappa shape index (κ3) is 3.61. The van der Waals surface area contributed by atoms with Gasteiger partial charge in [-0.25, -0.2) is 9.59 Å². The molecule has 0 atom stereocenters. The molecule has 0 aliphatic carbocycles. The lowest BCUT2D eigenvalue weighted by Gasteiger charge is -2.09. The first-order chi connectivity index (χ1) is 10.1. The third-order valence-electron chi connectivity index (χ3n) is 2.68. The second kappa shape index (κ2) is 6.90. The molecule has 21 heavy (non-hydrogen) atoms. The fourth-order valence-corrected chi connectivity index (χ4v) is 1.93. The van der Waals surface area contributed by atoms with Crippen LogP contribution in [0.15, 0.2) is 48.5 Å². The molecule has 0 saturated heterocycles. The van der Waals surface area contributed by atoms with E-state index in [1.165, 1.54) is 12.1 Å². The van der Waals surface area contributed by atoms with E-state index in [0.717, 1.165) is 0 Å². The third-order valence-corrected chi connectivity index (χ3v) is 3.01. The molecule has 108 valence electrons. The summed E-state index contributed by atoms with van der Waals surface area (Å²) in [6.45, 7) is 1.95. The van der Waals surface area contributed by atoms with Gasteiger partial charge in [0.05, 0.1) is 17.2 Å². The zero-order valence-corrected chi connectivity index (χ0v) is 12.1. The summed E-state index contributed by atoms with van der Waals surface area (Å²) in [6.07, 6.45) is 0. The molecule has 0 aliphatic rings. The molecule has 4 nitrogen and oxygen atoms in total. The minimum atomic E-state index is -0.627. The smallest absolute Gasteiger partial charge is 0.345 e. The Morgan fingerprint density at radius 2 is 1.57 bits per heavy atom. The number of benzene rings is 2. The van der Waals surface area contributed by atoms with Crippen molar-refractivity contribution in [1.82, 2.24) is 0 Å². The van der Waals surface area contributed by atoms with Crippen LogP contribution in [0.2, 0.25) is 5.02 Å². The van der Waals surface area contributed by atoms with E-state index in [1.54, 1.807) is 43.3 Å². The van der Waals surface area contributed by atoms with Gasteiger partial charge in [-0.2, -0.15) is 0 Å². The summed E-state index contributed by atoms with van der Waals surface area (Å²) in [5, 5.41) is 0.288. The molecule has 5 heteroatoms. The standard InChI is InChI=1S/C16H13ClO4/c1-2-20-15(18)12-8-4-6-10-14(12)21-16(19)11-7-3-5-9-13(11)17/h3-10H,2H2,1H3. The van der Waals surface area contributed by atoms with Crippen LogP contribution in [0.4, 0.5) is 0 Å². The van der Waals surface area contributed by atoms with Crippen molar-refractivity contribution in [2.45, 2.75) is 6.92 Å². The Labute approximate surface area is 127 Å². The second-order valence-electron chi connectivity index (χ2n) is 4.09. The van der Waals surface area contributed by atoms with Crippen LogP contribution >= 0.6 is 11.6 Å². The van der Waals surface area contributed by atoms with Crippen molar-refractivity contribution in [3.05, 3.63) is 64.7 Å². The van der Waals surface area contributed by atoms with E-state index in [-0.39, 0.29) is 28.5 Å². The quantitative estimate of drug-likeness (QED) is 0.638. The maximum Gasteiger partial charge on any atom is 0.345 e.